The van der Waals surface area contributed by atoms with Gasteiger partial charge in [0.05, 0.1) is 0 Å². The Balaban J connectivity index is 1.91. The van der Waals surface area contributed by atoms with Crippen molar-refractivity contribution in [1.29, 1.82) is 0 Å². The molecular weight excluding hydrogens is 218 g/mol. The highest BCUT2D eigenvalue weighted by Crippen LogP contribution is 2.23. The summed E-state index contributed by atoms with van der Waals surface area (Å²) < 4.78 is 0. The maximum Gasteiger partial charge on any atom is 0.00103 e. The zero-order valence-electron chi connectivity index (χ0n) is 12.4. The van der Waals surface area contributed by atoms with Gasteiger partial charge in [0.1, 0.15) is 0 Å². The van der Waals surface area contributed by atoms with E-state index < -0.39 is 0 Å². The smallest absolute Gasteiger partial charge is 0.00103 e. The van der Waals surface area contributed by atoms with Gasteiger partial charge in [-0.05, 0) is 55.3 Å². The molecule has 1 saturated heterocycles. The summed E-state index contributed by atoms with van der Waals surface area (Å²) in [6.07, 6.45) is 3.78. The van der Waals surface area contributed by atoms with Gasteiger partial charge >= 0.3 is 0 Å². The number of benzene rings is 1. The highest BCUT2D eigenvalue weighted by Gasteiger charge is 2.19. The van der Waals surface area contributed by atoms with Crippen molar-refractivity contribution in [1.82, 2.24) is 4.90 Å². The summed E-state index contributed by atoms with van der Waals surface area (Å²) in [6, 6.07) is 9.30. The largest absolute Gasteiger partial charge is 0.306 e. The summed E-state index contributed by atoms with van der Waals surface area (Å²) in [7, 11) is 2.23. The zero-order chi connectivity index (χ0) is 13.2. The third-order valence-corrected chi connectivity index (χ3v) is 3.77. The fourth-order valence-electron chi connectivity index (χ4n) is 2.93. The van der Waals surface area contributed by atoms with Gasteiger partial charge in [-0.1, -0.05) is 45.0 Å². The molecule has 1 nitrogen and oxygen atoms in total. The van der Waals surface area contributed by atoms with Gasteiger partial charge in [0.15, 0.2) is 0 Å². The Hall–Kier alpha value is -0.820. The van der Waals surface area contributed by atoms with Crippen LogP contribution in [-0.4, -0.2) is 25.0 Å². The standard InChI is InChI=1S/C17H27N/c1-17(2,3)12-15-7-5-14(6-8-15)11-16-9-10-18(4)13-16/h5-8,16H,9-13H2,1-4H3. The number of hydrogen-bond donors (Lipinski definition) is 0. The molecule has 18 heavy (non-hydrogen) atoms. The summed E-state index contributed by atoms with van der Waals surface area (Å²) in [4.78, 5) is 2.44. The Labute approximate surface area is 112 Å². The topological polar surface area (TPSA) is 3.24 Å². The minimum atomic E-state index is 0.385. The first-order valence-corrected chi connectivity index (χ1v) is 7.19. The molecule has 1 heteroatoms. The van der Waals surface area contributed by atoms with Crippen molar-refractivity contribution in [2.75, 3.05) is 20.1 Å². The Morgan fingerprint density at radius 3 is 2.22 bits per heavy atom. The first-order chi connectivity index (χ1) is 8.42. The van der Waals surface area contributed by atoms with Gasteiger partial charge in [-0.3, -0.25) is 0 Å². The van der Waals surface area contributed by atoms with E-state index in [9.17, 15) is 0 Å². The van der Waals surface area contributed by atoms with Crippen molar-refractivity contribution < 1.29 is 0 Å². The Morgan fingerprint density at radius 2 is 1.72 bits per heavy atom. The summed E-state index contributed by atoms with van der Waals surface area (Å²) in [5, 5.41) is 0. The van der Waals surface area contributed by atoms with Crippen LogP contribution in [0.1, 0.15) is 38.3 Å². The van der Waals surface area contributed by atoms with Crippen molar-refractivity contribution in [3.8, 4) is 0 Å². The van der Waals surface area contributed by atoms with Crippen LogP contribution in [0.5, 0.6) is 0 Å². The second-order valence-corrected chi connectivity index (χ2v) is 7.18. The minimum absolute atomic E-state index is 0.385. The molecule has 0 amide bonds. The molecule has 1 aliphatic rings. The molecular formula is C17H27N. The number of rotatable bonds is 3. The van der Waals surface area contributed by atoms with Crippen molar-refractivity contribution >= 4 is 0 Å². The minimum Gasteiger partial charge on any atom is -0.306 e. The molecule has 1 fully saturated rings. The van der Waals surface area contributed by atoms with E-state index in [2.05, 4.69) is 57.0 Å². The van der Waals surface area contributed by atoms with Crippen LogP contribution < -0.4 is 0 Å². The second kappa shape index (κ2) is 5.44. The Bertz CT molecular complexity index is 372. The fourth-order valence-corrected chi connectivity index (χ4v) is 2.93. The van der Waals surface area contributed by atoms with Gasteiger partial charge < -0.3 is 4.90 Å². The molecule has 0 bridgehead atoms. The lowest BCUT2D eigenvalue weighted by Gasteiger charge is -2.18. The molecule has 0 N–H and O–H groups in total. The maximum atomic E-state index is 2.44. The van der Waals surface area contributed by atoms with Gasteiger partial charge in [-0.25, -0.2) is 0 Å². The Kier molecular flexibility index (Phi) is 4.11. The van der Waals surface area contributed by atoms with Crippen LogP contribution in [0.4, 0.5) is 0 Å². The van der Waals surface area contributed by atoms with Crippen LogP contribution in [0.2, 0.25) is 0 Å². The lowest BCUT2D eigenvalue weighted by molar-refractivity contribution is 0.394. The number of likely N-dealkylation sites (tertiary alicyclic amines) is 1. The van der Waals surface area contributed by atoms with Gasteiger partial charge in [0.2, 0.25) is 0 Å². The third-order valence-electron chi connectivity index (χ3n) is 3.77. The number of hydrogen-bond acceptors (Lipinski definition) is 1. The molecule has 0 spiro atoms. The van der Waals surface area contributed by atoms with Crippen molar-refractivity contribution in [3.05, 3.63) is 35.4 Å². The van der Waals surface area contributed by atoms with E-state index in [1.807, 2.05) is 0 Å². The van der Waals surface area contributed by atoms with Crippen molar-refractivity contribution in [3.63, 3.8) is 0 Å². The first-order valence-electron chi connectivity index (χ1n) is 7.19. The molecule has 1 atom stereocenters. The lowest BCUT2D eigenvalue weighted by atomic mass is 9.87. The van der Waals surface area contributed by atoms with Crippen LogP contribution in [0, 0.1) is 11.3 Å². The SMILES string of the molecule is CN1CCC(Cc2ccc(CC(C)(C)C)cc2)C1. The van der Waals surface area contributed by atoms with Crippen LogP contribution in [-0.2, 0) is 12.8 Å². The van der Waals surface area contributed by atoms with Gasteiger partial charge in [-0.15, -0.1) is 0 Å². The highest BCUT2D eigenvalue weighted by molar-refractivity contribution is 5.23. The maximum absolute atomic E-state index is 2.44. The average molecular weight is 245 g/mol. The van der Waals surface area contributed by atoms with E-state index in [-0.39, 0.29) is 0 Å². The van der Waals surface area contributed by atoms with E-state index >= 15 is 0 Å². The number of nitrogens with zero attached hydrogens (tertiary/aromatic N) is 1. The molecule has 0 radical (unpaired) electrons. The van der Waals surface area contributed by atoms with Crippen molar-refractivity contribution in [2.45, 2.75) is 40.0 Å². The van der Waals surface area contributed by atoms with Crippen molar-refractivity contribution in [2.24, 2.45) is 11.3 Å². The molecule has 0 saturated carbocycles. The first kappa shape index (κ1) is 13.6. The quantitative estimate of drug-likeness (QED) is 0.783. The zero-order valence-corrected chi connectivity index (χ0v) is 12.4. The van der Waals surface area contributed by atoms with E-state index in [0.717, 1.165) is 5.92 Å². The highest BCUT2D eigenvalue weighted by atomic mass is 15.1. The predicted molar refractivity (Wildman–Crippen MR) is 78.9 cm³/mol. The van der Waals surface area contributed by atoms with Gasteiger partial charge in [0, 0.05) is 6.54 Å². The van der Waals surface area contributed by atoms with Crippen LogP contribution >= 0.6 is 0 Å². The van der Waals surface area contributed by atoms with E-state index in [1.165, 1.54) is 43.5 Å². The molecule has 0 aliphatic carbocycles. The summed E-state index contributed by atoms with van der Waals surface area (Å²) in [5.41, 5.74) is 3.36. The van der Waals surface area contributed by atoms with Gasteiger partial charge in [0.25, 0.3) is 0 Å². The molecule has 2 rings (SSSR count). The monoisotopic (exact) mass is 245 g/mol. The molecule has 1 heterocycles. The molecule has 100 valence electrons. The molecule has 1 aliphatic heterocycles. The van der Waals surface area contributed by atoms with E-state index in [0.29, 0.717) is 5.41 Å². The summed E-state index contributed by atoms with van der Waals surface area (Å²) in [6.45, 7) is 9.44. The van der Waals surface area contributed by atoms with Gasteiger partial charge in [-0.2, -0.15) is 0 Å². The second-order valence-electron chi connectivity index (χ2n) is 7.18. The predicted octanol–water partition coefficient (Wildman–Crippen LogP) is 3.77. The summed E-state index contributed by atoms with van der Waals surface area (Å²) in [5.74, 6) is 0.864. The summed E-state index contributed by atoms with van der Waals surface area (Å²) >= 11 is 0. The van der Waals surface area contributed by atoms with E-state index in [1.54, 1.807) is 0 Å². The fraction of sp³-hybridized carbons (Fsp3) is 0.647. The average Bonchev–Trinajstić information content (AvgIpc) is 2.65. The molecule has 1 aromatic rings. The Morgan fingerprint density at radius 1 is 1.11 bits per heavy atom. The van der Waals surface area contributed by atoms with E-state index in [4.69, 9.17) is 0 Å². The molecule has 0 aromatic heterocycles. The molecule has 1 unspecified atom stereocenters. The van der Waals surface area contributed by atoms with Crippen LogP contribution in [0.15, 0.2) is 24.3 Å². The lowest BCUT2D eigenvalue weighted by Crippen LogP contribution is -2.15. The van der Waals surface area contributed by atoms with Crippen LogP contribution in [0.25, 0.3) is 0 Å². The molecule has 1 aromatic carbocycles. The normalized spacial score (nSPS) is 21.4. The third kappa shape index (κ3) is 4.13. The van der Waals surface area contributed by atoms with Crippen LogP contribution in [0.3, 0.4) is 0 Å².